The highest BCUT2D eigenvalue weighted by atomic mass is 16.7. The second-order valence-corrected chi connectivity index (χ2v) is 17.0. The third-order valence-corrected chi connectivity index (χ3v) is 15.3. The van der Waals surface area contributed by atoms with Gasteiger partial charge in [0.05, 0.1) is 24.2 Å². The number of carboxylic acids is 1. The summed E-state index contributed by atoms with van der Waals surface area (Å²) >= 11 is 0. The van der Waals surface area contributed by atoms with Crippen LogP contribution in [0.2, 0.25) is 0 Å². The fraction of sp³-hybridized carbons (Fsp3) is 0.917. The van der Waals surface area contributed by atoms with E-state index >= 15 is 0 Å². The van der Waals surface area contributed by atoms with Crippen molar-refractivity contribution in [1.29, 1.82) is 0 Å². The summed E-state index contributed by atoms with van der Waals surface area (Å²) in [6.45, 7) is 13.0. The second-order valence-electron chi connectivity index (χ2n) is 17.0. The van der Waals surface area contributed by atoms with E-state index in [4.69, 9.17) is 9.47 Å². The van der Waals surface area contributed by atoms with Crippen molar-refractivity contribution >= 4 is 5.97 Å². The van der Waals surface area contributed by atoms with Gasteiger partial charge in [-0.15, -0.1) is 0 Å². The van der Waals surface area contributed by atoms with Gasteiger partial charge in [0, 0.05) is 11.8 Å². The minimum Gasteiger partial charge on any atom is -0.481 e. The fourth-order valence-electron chi connectivity index (χ4n) is 12.7. The first-order valence-electron chi connectivity index (χ1n) is 17.6. The number of aliphatic hydroxyl groups excluding tert-OH is 5. The monoisotopic (exact) mass is 634 g/mol. The average Bonchev–Trinajstić information content (AvgIpc) is 3.60. The largest absolute Gasteiger partial charge is 0.481 e. The van der Waals surface area contributed by atoms with Crippen LogP contribution in [0.25, 0.3) is 0 Å². The summed E-state index contributed by atoms with van der Waals surface area (Å²) in [5.74, 6) is 0.430. The van der Waals surface area contributed by atoms with Crippen LogP contribution in [0.15, 0.2) is 11.6 Å². The van der Waals surface area contributed by atoms with Gasteiger partial charge in [0.15, 0.2) is 6.29 Å². The van der Waals surface area contributed by atoms with Gasteiger partial charge < -0.3 is 40.1 Å². The first kappa shape index (κ1) is 33.8. The number of ether oxygens (including phenoxy) is 2. The molecule has 0 radical (unpaired) electrons. The third-order valence-electron chi connectivity index (χ3n) is 15.3. The third kappa shape index (κ3) is 4.46. The maximum Gasteiger partial charge on any atom is 0.312 e. The normalized spacial score (nSPS) is 54.2. The van der Waals surface area contributed by atoms with Crippen LogP contribution >= 0.6 is 0 Å². The van der Waals surface area contributed by atoms with Gasteiger partial charge in [0.2, 0.25) is 0 Å². The van der Waals surface area contributed by atoms with Crippen LogP contribution in [0, 0.1) is 50.7 Å². The zero-order valence-electron chi connectivity index (χ0n) is 28.1. The van der Waals surface area contributed by atoms with E-state index < -0.39 is 66.3 Å². The maximum absolute atomic E-state index is 13.3. The highest BCUT2D eigenvalue weighted by Crippen LogP contribution is 2.89. The van der Waals surface area contributed by atoms with E-state index in [1.807, 2.05) is 0 Å². The van der Waals surface area contributed by atoms with Gasteiger partial charge in [-0.05, 0) is 118 Å². The van der Waals surface area contributed by atoms with Crippen LogP contribution in [-0.2, 0) is 14.3 Å². The molecule has 0 aromatic rings. The Balaban J connectivity index is 1.27. The van der Waals surface area contributed by atoms with Crippen molar-refractivity contribution in [2.24, 2.45) is 50.7 Å². The molecule has 0 bridgehead atoms. The molecule has 0 unspecified atom stereocenters. The lowest BCUT2D eigenvalue weighted by molar-refractivity contribution is -0.330. The van der Waals surface area contributed by atoms with E-state index in [9.17, 15) is 35.4 Å². The first-order valence-corrected chi connectivity index (χ1v) is 17.6. The summed E-state index contributed by atoms with van der Waals surface area (Å²) in [4.78, 5) is 13.3. The molecule has 1 heterocycles. The van der Waals surface area contributed by atoms with E-state index in [0.717, 1.165) is 32.1 Å². The average molecular weight is 635 g/mol. The molecule has 256 valence electrons. The van der Waals surface area contributed by atoms with Gasteiger partial charge in [0.25, 0.3) is 0 Å². The van der Waals surface area contributed by atoms with E-state index in [2.05, 4.69) is 40.7 Å². The van der Waals surface area contributed by atoms with Crippen molar-refractivity contribution in [3.63, 3.8) is 0 Å². The number of allylic oxidation sites excluding steroid dienone is 2. The van der Waals surface area contributed by atoms with Crippen molar-refractivity contribution in [3.8, 4) is 0 Å². The molecule has 2 spiro atoms. The summed E-state index contributed by atoms with van der Waals surface area (Å²) in [5, 5.41) is 63.9. The molecule has 5 saturated carbocycles. The minimum atomic E-state index is -1.63. The Kier molecular flexibility index (Phi) is 8.45. The summed E-state index contributed by atoms with van der Waals surface area (Å²) < 4.78 is 11.8. The zero-order valence-corrected chi connectivity index (χ0v) is 28.1. The minimum absolute atomic E-state index is 0.0841. The van der Waals surface area contributed by atoms with Gasteiger partial charge in [-0.25, -0.2) is 0 Å². The lowest BCUT2D eigenvalue weighted by Gasteiger charge is -2.64. The highest BCUT2D eigenvalue weighted by molar-refractivity contribution is 5.76. The molecule has 0 aromatic carbocycles. The highest BCUT2D eigenvalue weighted by Gasteiger charge is 2.86. The van der Waals surface area contributed by atoms with Crippen LogP contribution in [-0.4, -0.2) is 86.1 Å². The van der Waals surface area contributed by atoms with Gasteiger partial charge in [-0.1, -0.05) is 32.4 Å². The molecule has 1 aliphatic heterocycles. The van der Waals surface area contributed by atoms with Gasteiger partial charge >= 0.3 is 5.97 Å². The summed E-state index contributed by atoms with van der Waals surface area (Å²) in [6, 6.07) is 0. The topological polar surface area (TPSA) is 157 Å². The molecule has 6 aliphatic rings. The number of aliphatic hydroxyl groups is 5. The molecule has 1 saturated heterocycles. The molecular formula is C36H58O9. The van der Waals surface area contributed by atoms with E-state index in [-0.39, 0.29) is 28.6 Å². The number of carbonyl (C=O) groups is 1. The molecular weight excluding hydrogens is 576 g/mol. The molecule has 9 heteroatoms. The van der Waals surface area contributed by atoms with Crippen molar-refractivity contribution in [2.45, 2.75) is 149 Å². The zero-order chi connectivity index (χ0) is 32.9. The number of aliphatic carboxylic acids is 1. The van der Waals surface area contributed by atoms with Crippen LogP contribution in [0.4, 0.5) is 0 Å². The maximum atomic E-state index is 13.3. The number of fused-ring (bicyclic) bond motifs is 2. The predicted molar refractivity (Wildman–Crippen MR) is 167 cm³/mol. The number of hydrogen-bond donors (Lipinski definition) is 6. The number of carboxylic acid groups (broad SMARTS) is 1. The molecule has 16 atom stereocenters. The quantitative estimate of drug-likeness (QED) is 0.171. The van der Waals surface area contributed by atoms with Crippen molar-refractivity contribution in [2.75, 3.05) is 6.61 Å². The SMILES string of the molecule is CC(C)=CCC[C@@H](C)[C@H]1CC[C@@]2(C)[C@@H]3CC[C@H]4[C@](C)(C(=O)O)[C@@H](O[C@@H]5O[C@H](CO)[C@@H](O)[C@H](O)[C@H]5O)C[C@H](O)[C@@]45C[C@@]35CC[C@]12C. The number of hydrogen-bond acceptors (Lipinski definition) is 8. The van der Waals surface area contributed by atoms with E-state index in [1.54, 1.807) is 6.92 Å². The van der Waals surface area contributed by atoms with Crippen LogP contribution in [0.5, 0.6) is 0 Å². The molecule has 45 heavy (non-hydrogen) atoms. The lowest BCUT2D eigenvalue weighted by Crippen LogP contribution is -2.66. The molecule has 6 N–H and O–H groups in total. The first-order chi connectivity index (χ1) is 21.0. The molecule has 5 aliphatic carbocycles. The Morgan fingerprint density at radius 2 is 1.64 bits per heavy atom. The van der Waals surface area contributed by atoms with Crippen molar-refractivity contribution in [3.05, 3.63) is 11.6 Å². The summed E-state index contributed by atoms with van der Waals surface area (Å²) in [5.41, 5.74) is -0.205. The molecule has 0 aromatic heterocycles. The smallest absolute Gasteiger partial charge is 0.312 e. The number of rotatable bonds is 8. The van der Waals surface area contributed by atoms with Gasteiger partial charge in [-0.2, -0.15) is 0 Å². The van der Waals surface area contributed by atoms with Crippen LogP contribution in [0.1, 0.15) is 106 Å². The summed E-state index contributed by atoms with van der Waals surface area (Å²) in [6.07, 6.45) is 2.62. The molecule has 6 fully saturated rings. The summed E-state index contributed by atoms with van der Waals surface area (Å²) in [7, 11) is 0. The molecule has 9 nitrogen and oxygen atoms in total. The molecule has 0 amide bonds. The van der Waals surface area contributed by atoms with Gasteiger partial charge in [-0.3, -0.25) is 4.79 Å². The standard InChI is InChI=1S/C36H58O9/c1-19(2)8-7-9-20(3)21-12-13-33(5)23-10-11-24-34(6,31(42)43)26(45-30-29(41)28(40)27(39)22(17-37)44-30)16-25(38)36(24)18-35(23,36)15-14-32(21,33)4/h8,20-30,37-41H,7,9-18H2,1-6H3,(H,42,43)/t20-,21-,22-,23+,24+,25+,26+,27-,28+,29-,30+,32-,33+,34+,35+,36-/m1/s1. The Labute approximate surface area is 268 Å². The predicted octanol–water partition coefficient (Wildman–Crippen LogP) is 4.03. The second kappa shape index (κ2) is 11.2. The Bertz CT molecular complexity index is 1190. The fourth-order valence-corrected chi connectivity index (χ4v) is 12.7. The van der Waals surface area contributed by atoms with Crippen LogP contribution in [0.3, 0.4) is 0 Å². The Morgan fingerprint density at radius 1 is 0.956 bits per heavy atom. The van der Waals surface area contributed by atoms with Crippen molar-refractivity contribution in [1.82, 2.24) is 0 Å². The Hall–Kier alpha value is -1.07. The lowest BCUT2D eigenvalue weighted by atomic mass is 9.41. The van der Waals surface area contributed by atoms with Gasteiger partial charge in [0.1, 0.15) is 24.4 Å². The van der Waals surface area contributed by atoms with Crippen molar-refractivity contribution < 1.29 is 44.9 Å². The van der Waals surface area contributed by atoms with E-state index in [1.165, 1.54) is 24.8 Å². The molecule has 6 rings (SSSR count). The van der Waals surface area contributed by atoms with E-state index in [0.29, 0.717) is 24.2 Å². The Morgan fingerprint density at radius 3 is 2.29 bits per heavy atom. The van der Waals surface area contributed by atoms with Crippen LogP contribution < -0.4 is 0 Å².